The highest BCUT2D eigenvalue weighted by Gasteiger charge is 2.55. The molecule has 14 heteroatoms. The van der Waals surface area contributed by atoms with Gasteiger partial charge in [-0.3, -0.25) is 9.48 Å². The highest BCUT2D eigenvalue weighted by atomic mass is 19.4. The van der Waals surface area contributed by atoms with Crippen LogP contribution in [0.15, 0.2) is 36.8 Å². The van der Waals surface area contributed by atoms with Crippen molar-refractivity contribution in [3.8, 4) is 22.5 Å². The standard InChI is InChI=1S/C21H20F6N6O2/c1-11-3-4-14(19(35,21(25,26)27)9-30-12(2)34)5-15(11)16-7-29-18(28)17(32-16)13-6-31-33(8-13)10-20(22,23)24/h3-8,35H,9-10H2,1-2H3,(H2,28,29)(H,30,34). The van der Waals surface area contributed by atoms with Crippen LogP contribution in [0.1, 0.15) is 18.1 Å². The highest BCUT2D eigenvalue weighted by Crippen LogP contribution is 2.40. The Kier molecular flexibility index (Phi) is 6.79. The molecule has 3 rings (SSSR count). The molecule has 3 aromatic rings. The molecule has 1 amide bonds. The van der Waals surface area contributed by atoms with Crippen molar-refractivity contribution in [2.75, 3.05) is 12.3 Å². The Bertz CT molecular complexity index is 1240. The third kappa shape index (κ3) is 5.70. The summed E-state index contributed by atoms with van der Waals surface area (Å²) >= 11 is 0. The fourth-order valence-corrected chi connectivity index (χ4v) is 3.27. The zero-order valence-electron chi connectivity index (χ0n) is 18.4. The molecule has 1 unspecified atom stereocenters. The largest absolute Gasteiger partial charge is 0.423 e. The van der Waals surface area contributed by atoms with E-state index in [0.29, 0.717) is 10.2 Å². The minimum absolute atomic E-state index is 0.0231. The molecule has 0 fully saturated rings. The predicted octanol–water partition coefficient (Wildman–Crippen LogP) is 3.35. The normalized spacial score (nSPS) is 14.0. The molecule has 0 aliphatic rings. The van der Waals surface area contributed by atoms with Crippen LogP contribution in [0.5, 0.6) is 0 Å². The van der Waals surface area contributed by atoms with E-state index in [1.807, 2.05) is 5.32 Å². The molecule has 0 saturated heterocycles. The number of hydrogen-bond donors (Lipinski definition) is 3. The van der Waals surface area contributed by atoms with Crippen LogP contribution in [0.2, 0.25) is 0 Å². The third-order valence-electron chi connectivity index (χ3n) is 5.10. The van der Waals surface area contributed by atoms with Crippen molar-refractivity contribution in [1.29, 1.82) is 0 Å². The van der Waals surface area contributed by atoms with E-state index in [1.54, 1.807) is 6.92 Å². The van der Waals surface area contributed by atoms with Crippen molar-refractivity contribution < 1.29 is 36.2 Å². The van der Waals surface area contributed by atoms with E-state index in [1.165, 1.54) is 12.3 Å². The van der Waals surface area contributed by atoms with Gasteiger partial charge in [-0.2, -0.15) is 31.4 Å². The van der Waals surface area contributed by atoms with Gasteiger partial charge in [-0.05, 0) is 24.1 Å². The average molecular weight is 502 g/mol. The number of alkyl halides is 6. The van der Waals surface area contributed by atoms with Crippen molar-refractivity contribution in [1.82, 2.24) is 25.1 Å². The maximum absolute atomic E-state index is 13.8. The van der Waals surface area contributed by atoms with E-state index in [9.17, 15) is 36.2 Å². The molecule has 0 bridgehead atoms. The van der Waals surface area contributed by atoms with Gasteiger partial charge in [0.25, 0.3) is 0 Å². The smallest absolute Gasteiger partial charge is 0.382 e. The number of amides is 1. The van der Waals surface area contributed by atoms with Gasteiger partial charge < -0.3 is 16.2 Å². The Hall–Kier alpha value is -3.68. The number of anilines is 1. The predicted molar refractivity (Wildman–Crippen MR) is 113 cm³/mol. The first-order valence-corrected chi connectivity index (χ1v) is 9.98. The van der Waals surface area contributed by atoms with Crippen LogP contribution in [0.25, 0.3) is 22.5 Å². The fourth-order valence-electron chi connectivity index (χ4n) is 3.27. The van der Waals surface area contributed by atoms with Crippen molar-refractivity contribution in [2.24, 2.45) is 0 Å². The monoisotopic (exact) mass is 502 g/mol. The lowest BCUT2D eigenvalue weighted by Gasteiger charge is -2.31. The van der Waals surface area contributed by atoms with Gasteiger partial charge in [-0.1, -0.05) is 12.1 Å². The van der Waals surface area contributed by atoms with Crippen LogP contribution < -0.4 is 11.1 Å². The van der Waals surface area contributed by atoms with Crippen molar-refractivity contribution in [3.63, 3.8) is 0 Å². The molecule has 0 spiro atoms. The summed E-state index contributed by atoms with van der Waals surface area (Å²) in [7, 11) is 0. The van der Waals surface area contributed by atoms with Gasteiger partial charge >= 0.3 is 12.4 Å². The van der Waals surface area contributed by atoms with E-state index in [4.69, 9.17) is 5.73 Å². The summed E-state index contributed by atoms with van der Waals surface area (Å²) in [6, 6.07) is 3.46. The summed E-state index contributed by atoms with van der Waals surface area (Å²) in [5, 5.41) is 16.1. The summed E-state index contributed by atoms with van der Waals surface area (Å²) < 4.78 is 80.0. The summed E-state index contributed by atoms with van der Waals surface area (Å²) in [6.07, 6.45) is -6.28. The average Bonchev–Trinajstić information content (AvgIpc) is 3.18. The maximum Gasteiger partial charge on any atom is 0.423 e. The van der Waals surface area contributed by atoms with Crippen molar-refractivity contribution in [3.05, 3.63) is 47.9 Å². The number of aliphatic hydroxyl groups is 1. The highest BCUT2D eigenvalue weighted by molar-refractivity contribution is 5.74. The van der Waals surface area contributed by atoms with Crippen molar-refractivity contribution in [2.45, 2.75) is 38.3 Å². The van der Waals surface area contributed by atoms with E-state index in [2.05, 4.69) is 15.1 Å². The minimum Gasteiger partial charge on any atom is -0.382 e. The summed E-state index contributed by atoms with van der Waals surface area (Å²) in [4.78, 5) is 19.4. The topological polar surface area (TPSA) is 119 Å². The number of carbonyl (C=O) groups excluding carboxylic acids is 1. The number of nitrogen functional groups attached to an aromatic ring is 1. The van der Waals surface area contributed by atoms with Gasteiger partial charge in [0.1, 0.15) is 18.1 Å². The van der Waals surface area contributed by atoms with Crippen LogP contribution in [-0.2, 0) is 16.9 Å². The van der Waals surface area contributed by atoms with Gasteiger partial charge in [0, 0.05) is 24.2 Å². The van der Waals surface area contributed by atoms with Crippen LogP contribution in [0.3, 0.4) is 0 Å². The zero-order valence-corrected chi connectivity index (χ0v) is 18.4. The van der Waals surface area contributed by atoms with E-state index in [0.717, 1.165) is 31.5 Å². The number of nitrogens with zero attached hydrogens (tertiary/aromatic N) is 4. The van der Waals surface area contributed by atoms with E-state index < -0.39 is 42.5 Å². The summed E-state index contributed by atoms with van der Waals surface area (Å²) in [5.41, 5.74) is 2.66. The number of benzene rings is 1. The van der Waals surface area contributed by atoms with E-state index >= 15 is 0 Å². The molecule has 8 nitrogen and oxygen atoms in total. The number of nitrogens with two attached hydrogens (primary N) is 1. The zero-order chi connectivity index (χ0) is 26.2. The van der Waals surface area contributed by atoms with Gasteiger partial charge in [-0.15, -0.1) is 0 Å². The lowest BCUT2D eigenvalue weighted by Crippen LogP contribution is -2.50. The molecular weight excluding hydrogens is 482 g/mol. The minimum atomic E-state index is -5.13. The number of rotatable bonds is 6. The van der Waals surface area contributed by atoms with Crippen LogP contribution in [-0.4, -0.2) is 49.7 Å². The first kappa shape index (κ1) is 25.9. The third-order valence-corrected chi connectivity index (χ3v) is 5.10. The molecule has 0 aliphatic heterocycles. The first-order chi connectivity index (χ1) is 16.1. The van der Waals surface area contributed by atoms with Gasteiger partial charge in [-0.25, -0.2) is 9.97 Å². The van der Waals surface area contributed by atoms with E-state index in [-0.39, 0.29) is 28.3 Å². The molecule has 35 heavy (non-hydrogen) atoms. The second-order valence-corrected chi connectivity index (χ2v) is 7.83. The second kappa shape index (κ2) is 9.17. The summed E-state index contributed by atoms with van der Waals surface area (Å²) in [6.45, 7) is 0.134. The number of aromatic nitrogens is 4. The van der Waals surface area contributed by atoms with Gasteiger partial charge in [0.05, 0.1) is 24.6 Å². The number of carbonyl (C=O) groups is 1. The molecule has 2 aromatic heterocycles. The molecule has 1 aromatic carbocycles. The Balaban J connectivity index is 2.07. The Morgan fingerprint density at radius 2 is 1.86 bits per heavy atom. The number of hydrogen-bond acceptors (Lipinski definition) is 6. The van der Waals surface area contributed by atoms with Crippen LogP contribution >= 0.6 is 0 Å². The lowest BCUT2D eigenvalue weighted by atomic mass is 9.89. The second-order valence-electron chi connectivity index (χ2n) is 7.83. The Morgan fingerprint density at radius 1 is 1.17 bits per heavy atom. The van der Waals surface area contributed by atoms with Crippen LogP contribution in [0, 0.1) is 6.92 Å². The molecular formula is C21H20F6N6O2. The Labute approximate surface area is 194 Å². The fraction of sp³-hybridized carbons (Fsp3) is 0.333. The molecule has 0 aliphatic carbocycles. The molecule has 2 heterocycles. The first-order valence-electron chi connectivity index (χ1n) is 9.98. The number of halogens is 6. The number of aryl methyl sites for hydroxylation is 1. The lowest BCUT2D eigenvalue weighted by molar-refractivity contribution is -0.264. The molecule has 1 atom stereocenters. The van der Waals surface area contributed by atoms with Crippen LogP contribution in [0.4, 0.5) is 32.2 Å². The quantitative estimate of drug-likeness (QED) is 0.445. The molecule has 188 valence electrons. The van der Waals surface area contributed by atoms with Crippen molar-refractivity contribution >= 4 is 11.7 Å². The molecule has 0 saturated carbocycles. The maximum atomic E-state index is 13.8. The SMILES string of the molecule is CC(=O)NCC(O)(c1ccc(C)c(-c2cnc(N)c(-c3cnn(CC(F)(F)F)c3)n2)c1)C(F)(F)F. The van der Waals surface area contributed by atoms with Gasteiger partial charge in [0.2, 0.25) is 11.5 Å². The molecule has 0 radical (unpaired) electrons. The number of nitrogens with one attached hydrogen (secondary N) is 1. The molecule has 4 N–H and O–H groups in total. The summed E-state index contributed by atoms with van der Waals surface area (Å²) in [5.74, 6) is -0.897. The Morgan fingerprint density at radius 3 is 2.46 bits per heavy atom. The van der Waals surface area contributed by atoms with Gasteiger partial charge in [0.15, 0.2) is 0 Å².